The topological polar surface area (TPSA) is 38.7 Å². The van der Waals surface area contributed by atoms with Gasteiger partial charge in [0.1, 0.15) is 5.82 Å². The van der Waals surface area contributed by atoms with Crippen LogP contribution in [0.3, 0.4) is 0 Å². The summed E-state index contributed by atoms with van der Waals surface area (Å²) in [4.78, 5) is 16.7. The van der Waals surface area contributed by atoms with Crippen molar-refractivity contribution in [3.63, 3.8) is 0 Å². The zero-order chi connectivity index (χ0) is 13.2. The standard InChI is InChI=1S/C14H8FNO2S/c15-10-4-1-3-9(7-10)13-16-12(14(17)18-13)8-11-5-2-6-19-11/h1-8H. The third kappa shape index (κ3) is 2.46. The zero-order valence-corrected chi connectivity index (χ0v) is 10.5. The lowest BCUT2D eigenvalue weighted by atomic mass is 10.2. The van der Waals surface area contributed by atoms with E-state index in [0.717, 1.165) is 4.88 Å². The molecule has 1 aliphatic rings. The molecule has 0 saturated heterocycles. The third-order valence-electron chi connectivity index (χ3n) is 2.51. The van der Waals surface area contributed by atoms with Crippen molar-refractivity contribution in [2.75, 3.05) is 0 Å². The highest BCUT2D eigenvalue weighted by Crippen LogP contribution is 2.21. The van der Waals surface area contributed by atoms with Crippen LogP contribution in [0, 0.1) is 5.82 Å². The number of rotatable bonds is 2. The highest BCUT2D eigenvalue weighted by atomic mass is 32.1. The van der Waals surface area contributed by atoms with Crippen LogP contribution in [0.4, 0.5) is 4.39 Å². The maximum atomic E-state index is 13.1. The molecule has 0 atom stereocenters. The van der Waals surface area contributed by atoms with Gasteiger partial charge >= 0.3 is 5.97 Å². The van der Waals surface area contributed by atoms with Gasteiger partial charge in [-0.3, -0.25) is 0 Å². The number of hydrogen-bond donors (Lipinski definition) is 0. The molecule has 0 fully saturated rings. The summed E-state index contributed by atoms with van der Waals surface area (Å²) in [5.41, 5.74) is 0.671. The van der Waals surface area contributed by atoms with E-state index < -0.39 is 11.8 Å². The average Bonchev–Trinajstić information content (AvgIpc) is 3.01. The summed E-state index contributed by atoms with van der Waals surface area (Å²) >= 11 is 1.50. The van der Waals surface area contributed by atoms with Crippen LogP contribution in [-0.2, 0) is 9.53 Å². The van der Waals surface area contributed by atoms with Crippen LogP contribution in [0.2, 0.25) is 0 Å². The average molecular weight is 273 g/mol. The molecule has 0 saturated carbocycles. The summed E-state index contributed by atoms with van der Waals surface area (Å²) in [6.07, 6.45) is 1.65. The first-order chi connectivity index (χ1) is 9.22. The van der Waals surface area contributed by atoms with Crippen molar-refractivity contribution in [3.8, 4) is 0 Å². The first kappa shape index (κ1) is 11.8. The summed E-state index contributed by atoms with van der Waals surface area (Å²) in [7, 11) is 0. The minimum Gasteiger partial charge on any atom is -0.402 e. The zero-order valence-electron chi connectivity index (χ0n) is 9.67. The quantitative estimate of drug-likeness (QED) is 0.622. The van der Waals surface area contributed by atoms with Crippen LogP contribution < -0.4 is 0 Å². The summed E-state index contributed by atoms with van der Waals surface area (Å²) in [5, 5.41) is 1.91. The van der Waals surface area contributed by atoms with E-state index in [4.69, 9.17) is 4.74 Å². The van der Waals surface area contributed by atoms with Crippen molar-refractivity contribution >= 4 is 29.3 Å². The maximum Gasteiger partial charge on any atom is 0.363 e. The normalized spacial score (nSPS) is 16.6. The molecule has 5 heteroatoms. The van der Waals surface area contributed by atoms with Gasteiger partial charge in [0.25, 0.3) is 0 Å². The lowest BCUT2D eigenvalue weighted by Crippen LogP contribution is -2.05. The van der Waals surface area contributed by atoms with Gasteiger partial charge in [0.2, 0.25) is 5.90 Å². The summed E-state index contributed by atoms with van der Waals surface area (Å²) in [6.45, 7) is 0. The van der Waals surface area contributed by atoms with Gasteiger partial charge in [0.05, 0.1) is 0 Å². The molecule has 0 spiro atoms. The minimum atomic E-state index is -0.521. The third-order valence-corrected chi connectivity index (χ3v) is 3.33. The summed E-state index contributed by atoms with van der Waals surface area (Å²) in [5.74, 6) is -0.785. The van der Waals surface area contributed by atoms with Crippen LogP contribution in [0.5, 0.6) is 0 Å². The molecule has 19 heavy (non-hydrogen) atoms. The molecule has 3 rings (SSSR count). The first-order valence-electron chi connectivity index (χ1n) is 5.54. The Balaban J connectivity index is 1.95. The number of carbonyl (C=O) groups is 1. The summed E-state index contributed by atoms with van der Waals surface area (Å²) in [6, 6.07) is 9.55. The fourth-order valence-corrected chi connectivity index (χ4v) is 2.31. The van der Waals surface area contributed by atoms with Crippen molar-refractivity contribution in [2.45, 2.75) is 0 Å². The van der Waals surface area contributed by atoms with E-state index in [9.17, 15) is 9.18 Å². The Morgan fingerprint density at radius 3 is 2.89 bits per heavy atom. The molecule has 0 N–H and O–H groups in total. The van der Waals surface area contributed by atoms with Crippen molar-refractivity contribution in [1.82, 2.24) is 0 Å². The van der Waals surface area contributed by atoms with Gasteiger partial charge in [-0.25, -0.2) is 14.2 Å². The second-order valence-electron chi connectivity index (χ2n) is 3.86. The Morgan fingerprint density at radius 2 is 2.16 bits per heavy atom. The van der Waals surface area contributed by atoms with E-state index >= 15 is 0 Å². The second-order valence-corrected chi connectivity index (χ2v) is 4.84. The summed E-state index contributed by atoms with van der Waals surface area (Å²) < 4.78 is 18.2. The molecule has 2 heterocycles. The molecule has 1 aromatic carbocycles. The molecule has 2 aromatic rings. The Morgan fingerprint density at radius 1 is 1.26 bits per heavy atom. The number of halogens is 1. The van der Waals surface area contributed by atoms with E-state index in [0.29, 0.717) is 5.56 Å². The lowest BCUT2D eigenvalue weighted by molar-refractivity contribution is -0.129. The number of hydrogen-bond acceptors (Lipinski definition) is 4. The molecule has 0 bridgehead atoms. The Kier molecular flexibility index (Phi) is 2.97. The van der Waals surface area contributed by atoms with E-state index in [1.54, 1.807) is 18.2 Å². The van der Waals surface area contributed by atoms with Gasteiger partial charge in [0.15, 0.2) is 5.70 Å². The highest BCUT2D eigenvalue weighted by Gasteiger charge is 2.24. The number of nitrogens with zero attached hydrogens (tertiary/aromatic N) is 1. The molecule has 1 aromatic heterocycles. The monoisotopic (exact) mass is 273 g/mol. The number of cyclic esters (lactones) is 1. The Labute approximate surface area is 112 Å². The molecule has 0 amide bonds. The number of thiophene rings is 1. The molecule has 0 radical (unpaired) electrons. The number of carbonyl (C=O) groups excluding carboxylic acids is 1. The van der Waals surface area contributed by atoms with Crippen LogP contribution in [-0.4, -0.2) is 11.9 Å². The number of ether oxygens (including phenoxy) is 1. The molecule has 1 aliphatic heterocycles. The molecule has 0 aliphatic carbocycles. The predicted molar refractivity (Wildman–Crippen MR) is 71.3 cm³/mol. The fourth-order valence-electron chi connectivity index (χ4n) is 1.66. The van der Waals surface area contributed by atoms with Crippen LogP contribution in [0.1, 0.15) is 10.4 Å². The van der Waals surface area contributed by atoms with Crippen molar-refractivity contribution < 1.29 is 13.9 Å². The van der Waals surface area contributed by atoms with Crippen molar-refractivity contribution in [1.29, 1.82) is 0 Å². The fraction of sp³-hybridized carbons (Fsp3) is 0. The Bertz CT molecular complexity index is 689. The van der Waals surface area contributed by atoms with Gasteiger partial charge in [-0.15, -0.1) is 11.3 Å². The minimum absolute atomic E-state index is 0.132. The predicted octanol–water partition coefficient (Wildman–Crippen LogP) is 3.23. The van der Waals surface area contributed by atoms with E-state index in [-0.39, 0.29) is 11.6 Å². The van der Waals surface area contributed by atoms with Crippen molar-refractivity contribution in [3.05, 3.63) is 63.7 Å². The second kappa shape index (κ2) is 4.78. The van der Waals surface area contributed by atoms with Gasteiger partial charge in [-0.1, -0.05) is 12.1 Å². The Hall–Kier alpha value is -2.27. The van der Waals surface area contributed by atoms with Gasteiger partial charge in [-0.05, 0) is 35.7 Å². The molecule has 94 valence electrons. The van der Waals surface area contributed by atoms with Crippen LogP contribution >= 0.6 is 11.3 Å². The van der Waals surface area contributed by atoms with Gasteiger partial charge in [0, 0.05) is 10.4 Å². The number of benzene rings is 1. The van der Waals surface area contributed by atoms with Gasteiger partial charge in [-0.2, -0.15) is 0 Å². The molecular weight excluding hydrogens is 265 g/mol. The largest absolute Gasteiger partial charge is 0.402 e. The maximum absolute atomic E-state index is 13.1. The van der Waals surface area contributed by atoms with Gasteiger partial charge < -0.3 is 4.74 Å². The lowest BCUT2D eigenvalue weighted by Gasteiger charge is -1.98. The number of esters is 1. The highest BCUT2D eigenvalue weighted by molar-refractivity contribution is 7.10. The van der Waals surface area contributed by atoms with Crippen LogP contribution in [0.15, 0.2) is 52.5 Å². The van der Waals surface area contributed by atoms with E-state index in [1.807, 2.05) is 17.5 Å². The van der Waals surface area contributed by atoms with E-state index in [2.05, 4.69) is 4.99 Å². The van der Waals surface area contributed by atoms with E-state index in [1.165, 1.54) is 23.5 Å². The first-order valence-corrected chi connectivity index (χ1v) is 6.42. The molecular formula is C14H8FNO2S. The SMILES string of the molecule is O=C1OC(c2cccc(F)c2)=NC1=Cc1cccs1. The van der Waals surface area contributed by atoms with Crippen molar-refractivity contribution in [2.24, 2.45) is 4.99 Å². The number of aliphatic imine (C=N–C) groups is 1. The molecule has 3 nitrogen and oxygen atoms in total. The van der Waals surface area contributed by atoms with Crippen LogP contribution in [0.25, 0.3) is 6.08 Å². The molecule has 0 unspecified atom stereocenters. The smallest absolute Gasteiger partial charge is 0.363 e.